The molecule has 0 aromatic heterocycles. The topological polar surface area (TPSA) is 49.9 Å². The number of alkyl halides is 3. The van der Waals surface area contributed by atoms with E-state index in [0.29, 0.717) is 18.9 Å². The number of amides is 2. The molecule has 2 aliphatic rings. The van der Waals surface area contributed by atoms with E-state index < -0.39 is 23.7 Å². The highest BCUT2D eigenvalue weighted by atomic mass is 19.4. The fraction of sp³-hybridized carbons (Fsp3) is 0.680. The standard InChI is InChI=1S/C25H35F3N2O3/c1-16-20-14-17(7-8-19(20)10-11-29(16)21(31)25(26,27)28)13-18-9-12-30(24(5,6)15-18)22(32)33-23(2,3)4/h7-8,14,16,18H,9-13,15H2,1-6H3. The van der Waals surface area contributed by atoms with E-state index in [1.807, 2.05) is 52.8 Å². The van der Waals surface area contributed by atoms with Crippen LogP contribution in [0.15, 0.2) is 18.2 Å². The summed E-state index contributed by atoms with van der Waals surface area (Å²) in [4.78, 5) is 27.2. The van der Waals surface area contributed by atoms with Crippen LogP contribution in [0.2, 0.25) is 0 Å². The Morgan fingerprint density at radius 2 is 1.82 bits per heavy atom. The van der Waals surface area contributed by atoms with Gasteiger partial charge in [-0.2, -0.15) is 13.2 Å². The molecule has 0 N–H and O–H groups in total. The quantitative estimate of drug-likeness (QED) is 0.563. The summed E-state index contributed by atoms with van der Waals surface area (Å²) in [6.07, 6.45) is -2.34. The summed E-state index contributed by atoms with van der Waals surface area (Å²) in [7, 11) is 0. The Morgan fingerprint density at radius 1 is 1.15 bits per heavy atom. The average Bonchev–Trinajstić information content (AvgIpc) is 2.65. The number of carbonyl (C=O) groups excluding carboxylic acids is 2. The van der Waals surface area contributed by atoms with Gasteiger partial charge in [0.25, 0.3) is 0 Å². The molecule has 33 heavy (non-hydrogen) atoms. The van der Waals surface area contributed by atoms with Crippen LogP contribution in [0.25, 0.3) is 0 Å². The zero-order chi connectivity index (χ0) is 24.8. The van der Waals surface area contributed by atoms with Gasteiger partial charge in [0.05, 0.1) is 6.04 Å². The summed E-state index contributed by atoms with van der Waals surface area (Å²) in [5, 5.41) is 0. The number of ether oxygens (including phenoxy) is 1. The van der Waals surface area contributed by atoms with Gasteiger partial charge >= 0.3 is 18.2 Å². The van der Waals surface area contributed by atoms with E-state index in [2.05, 4.69) is 0 Å². The lowest BCUT2D eigenvalue weighted by atomic mass is 9.79. The van der Waals surface area contributed by atoms with E-state index in [4.69, 9.17) is 4.74 Å². The predicted octanol–water partition coefficient (Wildman–Crippen LogP) is 5.66. The van der Waals surface area contributed by atoms with Gasteiger partial charge in [-0.05, 0) is 89.8 Å². The number of hydrogen-bond donors (Lipinski definition) is 0. The van der Waals surface area contributed by atoms with Crippen LogP contribution in [-0.4, -0.2) is 52.2 Å². The van der Waals surface area contributed by atoms with Gasteiger partial charge in [-0.25, -0.2) is 4.79 Å². The largest absolute Gasteiger partial charge is 0.471 e. The number of benzene rings is 1. The van der Waals surface area contributed by atoms with Crippen molar-refractivity contribution in [1.82, 2.24) is 9.80 Å². The first kappa shape index (κ1) is 25.4. The Kier molecular flexibility index (Phi) is 6.80. The highest BCUT2D eigenvalue weighted by molar-refractivity contribution is 5.82. The molecule has 0 radical (unpaired) electrons. The summed E-state index contributed by atoms with van der Waals surface area (Å²) < 4.78 is 44.6. The molecule has 2 atom stereocenters. The second-order valence-electron chi connectivity index (χ2n) is 11.0. The van der Waals surface area contributed by atoms with Crippen LogP contribution in [0.1, 0.15) is 77.1 Å². The monoisotopic (exact) mass is 468 g/mol. The third-order valence-electron chi connectivity index (χ3n) is 6.67. The van der Waals surface area contributed by atoms with Crippen molar-refractivity contribution >= 4 is 12.0 Å². The van der Waals surface area contributed by atoms with Crippen LogP contribution < -0.4 is 0 Å². The SMILES string of the molecule is CC1c2cc(CC3CCN(C(=O)OC(C)(C)C)C(C)(C)C3)ccc2CCN1C(=O)C(F)(F)F. The molecule has 1 saturated heterocycles. The molecule has 1 aromatic rings. The maximum Gasteiger partial charge on any atom is 0.471 e. The van der Waals surface area contributed by atoms with Crippen LogP contribution in [0.5, 0.6) is 0 Å². The number of likely N-dealkylation sites (tertiary alicyclic amines) is 1. The summed E-state index contributed by atoms with van der Waals surface area (Å²) in [6.45, 7) is 12.0. The summed E-state index contributed by atoms with van der Waals surface area (Å²) in [6, 6.07) is 5.37. The van der Waals surface area contributed by atoms with Crippen LogP contribution in [0.4, 0.5) is 18.0 Å². The molecule has 2 heterocycles. The maximum absolute atomic E-state index is 13.0. The first-order valence-corrected chi connectivity index (χ1v) is 11.6. The lowest BCUT2D eigenvalue weighted by Gasteiger charge is -2.45. The van der Waals surface area contributed by atoms with Gasteiger partial charge in [0.15, 0.2) is 0 Å². The van der Waals surface area contributed by atoms with Gasteiger partial charge in [-0.1, -0.05) is 18.2 Å². The van der Waals surface area contributed by atoms with Crippen LogP contribution in [-0.2, 0) is 22.4 Å². The third-order valence-corrected chi connectivity index (χ3v) is 6.67. The molecule has 0 aliphatic carbocycles. The van der Waals surface area contributed by atoms with Crippen molar-refractivity contribution < 1.29 is 27.5 Å². The Balaban J connectivity index is 1.70. The Bertz CT molecular complexity index is 905. The van der Waals surface area contributed by atoms with E-state index in [1.165, 1.54) is 0 Å². The molecular weight excluding hydrogens is 433 g/mol. The first-order valence-electron chi connectivity index (χ1n) is 11.6. The van der Waals surface area contributed by atoms with Crippen molar-refractivity contribution in [3.8, 4) is 0 Å². The molecule has 3 rings (SSSR count). The number of piperidine rings is 1. The third kappa shape index (κ3) is 5.82. The minimum absolute atomic E-state index is 0.0726. The lowest BCUT2D eigenvalue weighted by molar-refractivity contribution is -0.188. The molecule has 0 saturated carbocycles. The maximum atomic E-state index is 13.0. The van der Waals surface area contributed by atoms with Crippen LogP contribution >= 0.6 is 0 Å². The molecule has 2 aliphatic heterocycles. The molecule has 184 valence electrons. The average molecular weight is 469 g/mol. The number of nitrogens with zero attached hydrogens (tertiary/aromatic N) is 2. The van der Waals surface area contributed by atoms with Gasteiger partial charge in [0.2, 0.25) is 0 Å². The lowest BCUT2D eigenvalue weighted by Crippen LogP contribution is -2.54. The zero-order valence-corrected chi connectivity index (χ0v) is 20.4. The van der Waals surface area contributed by atoms with Gasteiger partial charge < -0.3 is 14.5 Å². The fourth-order valence-corrected chi connectivity index (χ4v) is 5.13. The normalized spacial score (nSPS) is 23.2. The molecule has 8 heteroatoms. The van der Waals surface area contributed by atoms with E-state index in [1.54, 1.807) is 11.8 Å². The number of halogens is 3. The minimum Gasteiger partial charge on any atom is -0.444 e. The van der Waals surface area contributed by atoms with Gasteiger partial charge in [-0.15, -0.1) is 0 Å². The van der Waals surface area contributed by atoms with Crippen molar-refractivity contribution in [2.24, 2.45) is 5.92 Å². The molecule has 5 nitrogen and oxygen atoms in total. The van der Waals surface area contributed by atoms with Gasteiger partial charge in [0, 0.05) is 18.6 Å². The van der Waals surface area contributed by atoms with E-state index in [-0.39, 0.29) is 18.2 Å². The predicted molar refractivity (Wildman–Crippen MR) is 120 cm³/mol. The van der Waals surface area contributed by atoms with Gasteiger partial charge in [-0.3, -0.25) is 4.79 Å². The van der Waals surface area contributed by atoms with E-state index in [9.17, 15) is 22.8 Å². The van der Waals surface area contributed by atoms with Crippen molar-refractivity contribution in [3.63, 3.8) is 0 Å². The van der Waals surface area contributed by atoms with E-state index >= 15 is 0 Å². The van der Waals surface area contributed by atoms with E-state index in [0.717, 1.165) is 40.9 Å². The van der Waals surface area contributed by atoms with Crippen LogP contribution in [0, 0.1) is 5.92 Å². The van der Waals surface area contributed by atoms with Crippen molar-refractivity contribution in [2.75, 3.05) is 13.1 Å². The molecule has 2 amide bonds. The fourth-order valence-electron chi connectivity index (χ4n) is 5.13. The zero-order valence-electron chi connectivity index (χ0n) is 20.4. The Morgan fingerprint density at radius 3 is 2.39 bits per heavy atom. The number of carbonyl (C=O) groups is 2. The summed E-state index contributed by atoms with van der Waals surface area (Å²) in [5.41, 5.74) is 1.93. The molecule has 0 bridgehead atoms. The Hall–Kier alpha value is -2.25. The molecule has 1 aromatic carbocycles. The molecule has 0 spiro atoms. The second-order valence-corrected chi connectivity index (χ2v) is 11.0. The molecule has 2 unspecified atom stereocenters. The smallest absolute Gasteiger partial charge is 0.444 e. The number of hydrogen-bond acceptors (Lipinski definition) is 3. The summed E-state index contributed by atoms with van der Waals surface area (Å²) in [5.74, 6) is -1.44. The van der Waals surface area contributed by atoms with Crippen molar-refractivity contribution in [2.45, 2.75) is 90.6 Å². The number of fused-ring (bicyclic) bond motifs is 1. The first-order chi connectivity index (χ1) is 15.1. The van der Waals surface area contributed by atoms with Crippen LogP contribution in [0.3, 0.4) is 0 Å². The molecular formula is C25H35F3N2O3. The molecule has 1 fully saturated rings. The number of rotatable bonds is 2. The van der Waals surface area contributed by atoms with Gasteiger partial charge in [0.1, 0.15) is 5.60 Å². The second kappa shape index (κ2) is 8.84. The van der Waals surface area contributed by atoms with Crippen molar-refractivity contribution in [1.29, 1.82) is 0 Å². The highest BCUT2D eigenvalue weighted by Gasteiger charge is 2.45. The minimum atomic E-state index is -4.86. The highest BCUT2D eigenvalue weighted by Crippen LogP contribution is 2.37. The summed E-state index contributed by atoms with van der Waals surface area (Å²) >= 11 is 0. The van der Waals surface area contributed by atoms with Crippen molar-refractivity contribution in [3.05, 3.63) is 34.9 Å². The Labute approximate surface area is 194 Å².